The van der Waals surface area contributed by atoms with Gasteiger partial charge in [-0.05, 0) is 57.4 Å². The normalized spacial score (nSPS) is 19.2. The van der Waals surface area contributed by atoms with E-state index in [4.69, 9.17) is 4.74 Å². The number of likely N-dealkylation sites (tertiary alicyclic amines) is 1. The molecule has 0 atom stereocenters. The minimum Gasteiger partial charge on any atom is -0.491 e. The lowest BCUT2D eigenvalue weighted by molar-refractivity contribution is -0.0258. The molecule has 0 radical (unpaired) electrons. The van der Waals surface area contributed by atoms with Crippen LogP contribution >= 0.6 is 0 Å². The van der Waals surface area contributed by atoms with Crippen molar-refractivity contribution in [3.8, 4) is 5.75 Å². The molecule has 20 heavy (non-hydrogen) atoms. The average Bonchev–Trinajstić information content (AvgIpc) is 2.42. The molecule has 0 spiro atoms. The van der Waals surface area contributed by atoms with E-state index in [0.29, 0.717) is 0 Å². The molecule has 1 N–H and O–H groups in total. The quantitative estimate of drug-likeness (QED) is 0.897. The second kappa shape index (κ2) is 6.59. The molecule has 1 aliphatic rings. The van der Waals surface area contributed by atoms with Crippen molar-refractivity contribution in [3.05, 3.63) is 29.8 Å². The highest BCUT2D eigenvalue weighted by molar-refractivity contribution is 5.31. The molecule has 0 aromatic heterocycles. The van der Waals surface area contributed by atoms with E-state index in [9.17, 15) is 5.11 Å². The summed E-state index contributed by atoms with van der Waals surface area (Å²) in [4.78, 5) is 2.44. The molecule has 1 heterocycles. The van der Waals surface area contributed by atoms with Crippen LogP contribution in [0.2, 0.25) is 0 Å². The van der Waals surface area contributed by atoms with Crippen molar-refractivity contribution in [1.29, 1.82) is 0 Å². The van der Waals surface area contributed by atoms with Gasteiger partial charge in [-0.15, -0.1) is 0 Å². The van der Waals surface area contributed by atoms with E-state index >= 15 is 0 Å². The summed E-state index contributed by atoms with van der Waals surface area (Å²) in [6.45, 7) is 9.34. The van der Waals surface area contributed by atoms with E-state index < -0.39 is 5.60 Å². The van der Waals surface area contributed by atoms with E-state index in [0.717, 1.165) is 43.8 Å². The van der Waals surface area contributed by atoms with Gasteiger partial charge in [-0.2, -0.15) is 0 Å². The standard InChI is InChI=1S/C17H27NO2/c1-4-11-18-12-9-17(19,10-13-18)15-5-7-16(8-6-15)20-14(2)3/h5-8,14,19H,4,9-13H2,1-3H3. The van der Waals surface area contributed by atoms with Gasteiger partial charge in [-0.1, -0.05) is 19.1 Å². The molecular formula is C17H27NO2. The lowest BCUT2D eigenvalue weighted by Crippen LogP contribution is -2.42. The van der Waals surface area contributed by atoms with Crippen LogP contribution in [0.5, 0.6) is 5.75 Å². The third kappa shape index (κ3) is 3.74. The number of rotatable bonds is 5. The first-order valence-corrected chi connectivity index (χ1v) is 7.75. The second-order valence-corrected chi connectivity index (χ2v) is 6.06. The molecule has 0 bridgehead atoms. The van der Waals surface area contributed by atoms with Crippen LogP contribution in [0.3, 0.4) is 0 Å². The molecule has 0 saturated carbocycles. The molecule has 0 aliphatic carbocycles. The van der Waals surface area contributed by atoms with Crippen molar-refractivity contribution >= 4 is 0 Å². The SMILES string of the molecule is CCCN1CCC(O)(c2ccc(OC(C)C)cc2)CC1. The predicted molar refractivity (Wildman–Crippen MR) is 82.1 cm³/mol. The fraction of sp³-hybridized carbons (Fsp3) is 0.647. The minimum absolute atomic E-state index is 0.182. The molecule has 3 heteroatoms. The Morgan fingerprint density at radius 1 is 1.20 bits per heavy atom. The molecule has 0 amide bonds. The van der Waals surface area contributed by atoms with E-state index in [1.54, 1.807) is 0 Å². The summed E-state index contributed by atoms with van der Waals surface area (Å²) in [6, 6.07) is 7.94. The number of hydrogen-bond donors (Lipinski definition) is 1. The molecule has 1 saturated heterocycles. The maximum absolute atomic E-state index is 10.8. The smallest absolute Gasteiger partial charge is 0.119 e. The highest BCUT2D eigenvalue weighted by Gasteiger charge is 2.33. The highest BCUT2D eigenvalue weighted by atomic mass is 16.5. The van der Waals surface area contributed by atoms with Crippen LogP contribution < -0.4 is 4.74 Å². The summed E-state index contributed by atoms with van der Waals surface area (Å²) in [5.41, 5.74) is 0.352. The van der Waals surface area contributed by atoms with Crippen LogP contribution in [0.1, 0.15) is 45.6 Å². The number of piperidine rings is 1. The highest BCUT2D eigenvalue weighted by Crippen LogP contribution is 2.33. The number of benzene rings is 1. The Balaban J connectivity index is 2.00. The van der Waals surface area contributed by atoms with Gasteiger partial charge in [-0.3, -0.25) is 0 Å². The minimum atomic E-state index is -0.666. The van der Waals surface area contributed by atoms with Crippen LogP contribution in [-0.2, 0) is 5.60 Å². The summed E-state index contributed by atoms with van der Waals surface area (Å²) in [5.74, 6) is 0.871. The zero-order valence-electron chi connectivity index (χ0n) is 12.9. The van der Waals surface area contributed by atoms with Gasteiger partial charge in [0.05, 0.1) is 11.7 Å². The summed E-state index contributed by atoms with van der Waals surface area (Å²) < 4.78 is 5.65. The largest absolute Gasteiger partial charge is 0.491 e. The molecule has 2 rings (SSSR count). The van der Waals surface area contributed by atoms with Gasteiger partial charge in [-0.25, -0.2) is 0 Å². The molecular weight excluding hydrogens is 250 g/mol. The Kier molecular flexibility index (Phi) is 5.06. The third-order valence-corrected chi connectivity index (χ3v) is 3.99. The van der Waals surface area contributed by atoms with Crippen LogP contribution in [-0.4, -0.2) is 35.7 Å². The van der Waals surface area contributed by atoms with Gasteiger partial charge in [0.1, 0.15) is 5.75 Å². The van der Waals surface area contributed by atoms with E-state index in [2.05, 4.69) is 11.8 Å². The van der Waals surface area contributed by atoms with E-state index in [1.807, 2.05) is 38.1 Å². The lowest BCUT2D eigenvalue weighted by atomic mass is 9.84. The number of hydrogen-bond acceptors (Lipinski definition) is 3. The first kappa shape index (κ1) is 15.3. The molecule has 3 nitrogen and oxygen atoms in total. The van der Waals surface area contributed by atoms with Crippen LogP contribution in [0.15, 0.2) is 24.3 Å². The summed E-state index contributed by atoms with van der Waals surface area (Å²) in [5, 5.41) is 10.8. The first-order chi connectivity index (χ1) is 9.53. The van der Waals surface area contributed by atoms with Gasteiger partial charge < -0.3 is 14.7 Å². The zero-order valence-corrected chi connectivity index (χ0v) is 12.9. The van der Waals surface area contributed by atoms with Crippen LogP contribution in [0.4, 0.5) is 0 Å². The van der Waals surface area contributed by atoms with Crippen molar-refractivity contribution in [3.63, 3.8) is 0 Å². The van der Waals surface area contributed by atoms with Gasteiger partial charge in [0.2, 0.25) is 0 Å². The fourth-order valence-corrected chi connectivity index (χ4v) is 2.87. The monoisotopic (exact) mass is 277 g/mol. The van der Waals surface area contributed by atoms with Crippen molar-refractivity contribution in [2.24, 2.45) is 0 Å². The summed E-state index contributed by atoms with van der Waals surface area (Å²) in [6.07, 6.45) is 3.00. The molecule has 1 aromatic rings. The average molecular weight is 277 g/mol. The Bertz CT molecular complexity index is 406. The number of aliphatic hydroxyl groups is 1. The Hall–Kier alpha value is -1.06. The van der Waals surface area contributed by atoms with Crippen LogP contribution in [0, 0.1) is 0 Å². The maximum atomic E-state index is 10.8. The molecule has 0 unspecified atom stereocenters. The predicted octanol–water partition coefficient (Wildman–Crippen LogP) is 3.17. The summed E-state index contributed by atoms with van der Waals surface area (Å²) >= 11 is 0. The third-order valence-electron chi connectivity index (χ3n) is 3.99. The van der Waals surface area contributed by atoms with E-state index in [1.165, 1.54) is 6.42 Å². The van der Waals surface area contributed by atoms with Crippen molar-refractivity contribution < 1.29 is 9.84 Å². The number of nitrogens with zero attached hydrogens (tertiary/aromatic N) is 1. The van der Waals surface area contributed by atoms with Gasteiger partial charge in [0.15, 0.2) is 0 Å². The second-order valence-electron chi connectivity index (χ2n) is 6.06. The Morgan fingerprint density at radius 3 is 2.30 bits per heavy atom. The zero-order chi connectivity index (χ0) is 14.6. The van der Waals surface area contributed by atoms with Gasteiger partial charge >= 0.3 is 0 Å². The summed E-state index contributed by atoms with van der Waals surface area (Å²) in [7, 11) is 0. The molecule has 112 valence electrons. The van der Waals surface area contributed by atoms with Crippen LogP contribution in [0.25, 0.3) is 0 Å². The van der Waals surface area contributed by atoms with Crippen molar-refractivity contribution in [2.45, 2.75) is 51.7 Å². The fourth-order valence-electron chi connectivity index (χ4n) is 2.87. The lowest BCUT2D eigenvalue weighted by Gasteiger charge is -2.38. The Labute approximate surface area is 122 Å². The van der Waals surface area contributed by atoms with Crippen molar-refractivity contribution in [1.82, 2.24) is 4.90 Å². The maximum Gasteiger partial charge on any atom is 0.119 e. The number of ether oxygens (including phenoxy) is 1. The van der Waals surface area contributed by atoms with Gasteiger partial charge in [0, 0.05) is 13.1 Å². The Morgan fingerprint density at radius 2 is 1.80 bits per heavy atom. The molecule has 1 aromatic carbocycles. The topological polar surface area (TPSA) is 32.7 Å². The first-order valence-electron chi connectivity index (χ1n) is 7.75. The van der Waals surface area contributed by atoms with Crippen molar-refractivity contribution in [2.75, 3.05) is 19.6 Å². The van der Waals surface area contributed by atoms with Gasteiger partial charge in [0.25, 0.3) is 0 Å². The molecule has 1 aliphatic heterocycles. The molecule has 1 fully saturated rings. The van der Waals surface area contributed by atoms with E-state index in [-0.39, 0.29) is 6.10 Å².